The molecule has 0 saturated carbocycles. The van der Waals surface area contributed by atoms with Crippen LogP contribution in [0.1, 0.15) is 18.9 Å². The number of anilines is 1. The number of nitrogens with one attached hydrogen (secondary N) is 1. The Bertz CT molecular complexity index is 529. The summed E-state index contributed by atoms with van der Waals surface area (Å²) in [5.74, 6) is 0.626. The third-order valence-electron chi connectivity index (χ3n) is 2.65. The topological polar surface area (TPSA) is 29.9 Å². The fourth-order valence-electron chi connectivity index (χ4n) is 1.69. The molecule has 3 nitrogen and oxygen atoms in total. The van der Waals surface area contributed by atoms with Crippen LogP contribution >= 0.6 is 0 Å². The molecule has 0 amide bonds. The molecular weight excluding hydrogens is 255 g/mol. The summed E-state index contributed by atoms with van der Waals surface area (Å²) in [7, 11) is 0. The lowest BCUT2D eigenvalue weighted by Gasteiger charge is -2.11. The van der Waals surface area contributed by atoms with Gasteiger partial charge in [0.15, 0.2) is 0 Å². The second-order valence-corrected chi connectivity index (χ2v) is 4.09. The van der Waals surface area contributed by atoms with Crippen molar-refractivity contribution in [1.29, 1.82) is 0 Å². The van der Waals surface area contributed by atoms with Gasteiger partial charge >= 0.3 is 6.18 Å². The van der Waals surface area contributed by atoms with Gasteiger partial charge in [0.25, 0.3) is 0 Å². The molecule has 1 heterocycles. The van der Waals surface area contributed by atoms with E-state index in [1.54, 1.807) is 17.0 Å². The second-order valence-electron chi connectivity index (χ2n) is 4.09. The Morgan fingerprint density at radius 2 is 1.89 bits per heavy atom. The normalized spacial score (nSPS) is 11.6. The first-order chi connectivity index (χ1) is 9.02. The standard InChI is InChI=1S/C13H14F3N3/c1-2-7-17-12-18-8-9-19(12)11-5-3-10(4-6-11)13(14,15)16/h3-6,8-9H,2,7H2,1H3,(H,17,18). The number of hydrogen-bond donors (Lipinski definition) is 1. The maximum atomic E-state index is 12.5. The monoisotopic (exact) mass is 269 g/mol. The number of nitrogens with zero attached hydrogens (tertiary/aromatic N) is 2. The SMILES string of the molecule is CCCNc1nccn1-c1ccc(C(F)(F)F)cc1. The zero-order valence-corrected chi connectivity index (χ0v) is 10.4. The van der Waals surface area contributed by atoms with Crippen LogP contribution in [0.5, 0.6) is 0 Å². The molecule has 1 aromatic carbocycles. The molecule has 102 valence electrons. The molecule has 0 unspecified atom stereocenters. The van der Waals surface area contributed by atoms with Crippen LogP contribution in [0.15, 0.2) is 36.7 Å². The smallest absolute Gasteiger partial charge is 0.355 e. The van der Waals surface area contributed by atoms with E-state index in [9.17, 15) is 13.2 Å². The molecule has 0 bridgehead atoms. The van der Waals surface area contributed by atoms with E-state index < -0.39 is 11.7 Å². The highest BCUT2D eigenvalue weighted by atomic mass is 19.4. The van der Waals surface area contributed by atoms with Crippen LogP contribution in [0.25, 0.3) is 5.69 Å². The van der Waals surface area contributed by atoms with Crippen LogP contribution in [-0.4, -0.2) is 16.1 Å². The van der Waals surface area contributed by atoms with Crippen LogP contribution in [0, 0.1) is 0 Å². The van der Waals surface area contributed by atoms with E-state index in [-0.39, 0.29) is 0 Å². The van der Waals surface area contributed by atoms with E-state index >= 15 is 0 Å². The van der Waals surface area contributed by atoms with Crippen molar-refractivity contribution in [1.82, 2.24) is 9.55 Å². The Morgan fingerprint density at radius 3 is 2.47 bits per heavy atom. The molecule has 2 aromatic rings. The van der Waals surface area contributed by atoms with Gasteiger partial charge in [0.1, 0.15) is 0 Å². The predicted molar refractivity (Wildman–Crippen MR) is 67.3 cm³/mol. The minimum absolute atomic E-state index is 0.626. The van der Waals surface area contributed by atoms with Gasteiger partial charge in [-0.1, -0.05) is 6.92 Å². The van der Waals surface area contributed by atoms with Gasteiger partial charge in [0.05, 0.1) is 5.56 Å². The average molecular weight is 269 g/mol. The molecule has 0 saturated heterocycles. The van der Waals surface area contributed by atoms with Gasteiger partial charge < -0.3 is 5.32 Å². The molecule has 0 spiro atoms. The van der Waals surface area contributed by atoms with Gasteiger partial charge in [-0.3, -0.25) is 4.57 Å². The Balaban J connectivity index is 2.25. The second kappa shape index (κ2) is 5.34. The third kappa shape index (κ3) is 3.07. The van der Waals surface area contributed by atoms with E-state index in [4.69, 9.17) is 0 Å². The highest BCUT2D eigenvalue weighted by molar-refractivity contribution is 5.43. The number of rotatable bonds is 4. The lowest BCUT2D eigenvalue weighted by molar-refractivity contribution is -0.137. The summed E-state index contributed by atoms with van der Waals surface area (Å²) in [6, 6.07) is 5.00. The molecule has 6 heteroatoms. The van der Waals surface area contributed by atoms with Gasteiger partial charge in [-0.05, 0) is 30.7 Å². The van der Waals surface area contributed by atoms with Crippen LogP contribution in [0.3, 0.4) is 0 Å². The number of halogens is 3. The lowest BCUT2D eigenvalue weighted by Crippen LogP contribution is -2.08. The molecule has 0 aliphatic rings. The Labute approximate surface area is 109 Å². The maximum Gasteiger partial charge on any atom is 0.416 e. The first-order valence-corrected chi connectivity index (χ1v) is 5.97. The first kappa shape index (κ1) is 13.5. The van der Waals surface area contributed by atoms with Crippen LogP contribution in [-0.2, 0) is 6.18 Å². The lowest BCUT2D eigenvalue weighted by atomic mass is 10.2. The number of benzene rings is 1. The summed E-state index contributed by atoms with van der Waals surface area (Å²) in [6.07, 6.45) is -0.0487. The highest BCUT2D eigenvalue weighted by Gasteiger charge is 2.30. The van der Waals surface area contributed by atoms with Crippen molar-refractivity contribution in [3.05, 3.63) is 42.2 Å². The fourth-order valence-corrected chi connectivity index (χ4v) is 1.69. The largest absolute Gasteiger partial charge is 0.416 e. The number of aromatic nitrogens is 2. The number of imidazole rings is 1. The fraction of sp³-hybridized carbons (Fsp3) is 0.308. The quantitative estimate of drug-likeness (QED) is 0.916. The molecule has 0 aliphatic carbocycles. The van der Waals surface area contributed by atoms with Gasteiger partial charge in [-0.2, -0.15) is 13.2 Å². The summed E-state index contributed by atoms with van der Waals surface area (Å²) in [5, 5.41) is 3.12. The van der Waals surface area contributed by atoms with Crippen molar-refractivity contribution < 1.29 is 13.2 Å². The summed E-state index contributed by atoms with van der Waals surface area (Å²) < 4.78 is 39.1. The molecule has 0 radical (unpaired) electrons. The molecular formula is C13H14F3N3. The van der Waals surface area contributed by atoms with Crippen molar-refractivity contribution in [3.8, 4) is 5.69 Å². The van der Waals surface area contributed by atoms with Crippen LogP contribution in [0.2, 0.25) is 0 Å². The predicted octanol–water partition coefficient (Wildman–Crippen LogP) is 3.71. The summed E-state index contributed by atoms with van der Waals surface area (Å²) in [6.45, 7) is 2.79. The molecule has 19 heavy (non-hydrogen) atoms. The van der Waals surface area contributed by atoms with Crippen molar-refractivity contribution in [3.63, 3.8) is 0 Å². The van der Waals surface area contributed by atoms with Gasteiger partial charge in [-0.25, -0.2) is 4.98 Å². The van der Waals surface area contributed by atoms with Crippen molar-refractivity contribution in [2.45, 2.75) is 19.5 Å². The van der Waals surface area contributed by atoms with Crippen molar-refractivity contribution >= 4 is 5.95 Å². The molecule has 0 fully saturated rings. The number of alkyl halides is 3. The van der Waals surface area contributed by atoms with Crippen LogP contribution < -0.4 is 5.32 Å². The van der Waals surface area contributed by atoms with E-state index in [0.29, 0.717) is 11.6 Å². The summed E-state index contributed by atoms with van der Waals surface area (Å²) in [5.41, 5.74) is -0.0106. The zero-order chi connectivity index (χ0) is 13.9. The minimum atomic E-state index is -4.31. The van der Waals surface area contributed by atoms with Crippen LogP contribution in [0.4, 0.5) is 19.1 Å². The average Bonchev–Trinajstić information content (AvgIpc) is 2.83. The van der Waals surface area contributed by atoms with Gasteiger partial charge in [0.2, 0.25) is 5.95 Å². The molecule has 0 atom stereocenters. The Hall–Kier alpha value is -1.98. The van der Waals surface area contributed by atoms with E-state index in [1.165, 1.54) is 12.1 Å². The first-order valence-electron chi connectivity index (χ1n) is 5.97. The Morgan fingerprint density at radius 1 is 1.21 bits per heavy atom. The molecule has 2 rings (SSSR count). The van der Waals surface area contributed by atoms with E-state index in [0.717, 1.165) is 25.1 Å². The van der Waals surface area contributed by atoms with Gasteiger partial charge in [-0.15, -0.1) is 0 Å². The molecule has 1 N–H and O–H groups in total. The summed E-state index contributed by atoms with van der Waals surface area (Å²) in [4.78, 5) is 4.13. The van der Waals surface area contributed by atoms with E-state index in [1.807, 2.05) is 6.92 Å². The number of hydrogen-bond acceptors (Lipinski definition) is 2. The molecule has 0 aliphatic heterocycles. The summed E-state index contributed by atoms with van der Waals surface area (Å²) >= 11 is 0. The zero-order valence-electron chi connectivity index (χ0n) is 10.4. The van der Waals surface area contributed by atoms with Crippen molar-refractivity contribution in [2.24, 2.45) is 0 Å². The molecule has 1 aromatic heterocycles. The maximum absolute atomic E-state index is 12.5. The third-order valence-corrected chi connectivity index (χ3v) is 2.65. The van der Waals surface area contributed by atoms with Crippen molar-refractivity contribution in [2.75, 3.05) is 11.9 Å². The highest BCUT2D eigenvalue weighted by Crippen LogP contribution is 2.29. The minimum Gasteiger partial charge on any atom is -0.355 e. The van der Waals surface area contributed by atoms with E-state index in [2.05, 4.69) is 10.3 Å². The van der Waals surface area contributed by atoms with Gasteiger partial charge in [0, 0.05) is 24.6 Å². The Kier molecular flexibility index (Phi) is 3.78.